The molecule has 6 heteroatoms. The quantitative estimate of drug-likeness (QED) is 0.822. The number of aliphatic hydroxyl groups excluding tert-OH is 1. The lowest BCUT2D eigenvalue weighted by atomic mass is 9.79. The van der Waals surface area contributed by atoms with E-state index in [-0.39, 0.29) is 18.3 Å². The van der Waals surface area contributed by atoms with Crippen molar-refractivity contribution in [3.05, 3.63) is 18.2 Å². The number of nitrogens with zero attached hydrogens (tertiary/aromatic N) is 3. The first-order valence-electron chi connectivity index (χ1n) is 9.29. The largest absolute Gasteiger partial charge is 0.394 e. The van der Waals surface area contributed by atoms with Gasteiger partial charge in [0.1, 0.15) is 5.82 Å². The van der Waals surface area contributed by atoms with E-state index in [1.165, 1.54) is 18.7 Å². The van der Waals surface area contributed by atoms with Crippen LogP contribution in [0.1, 0.15) is 50.4 Å². The lowest BCUT2D eigenvalue weighted by Crippen LogP contribution is -2.51. The van der Waals surface area contributed by atoms with Crippen LogP contribution < -0.4 is 0 Å². The topological polar surface area (TPSA) is 59.8 Å². The number of aliphatic hydroxyl groups is 1. The Morgan fingerprint density at radius 2 is 2.21 bits per heavy atom. The van der Waals surface area contributed by atoms with Crippen molar-refractivity contribution in [2.75, 3.05) is 26.9 Å². The molecular weight excluding hydrogens is 306 g/mol. The fraction of sp³-hybridized carbons (Fsp3) is 0.833. The predicted octanol–water partition coefficient (Wildman–Crippen LogP) is 1.74. The fourth-order valence-corrected chi connectivity index (χ4v) is 4.65. The van der Waals surface area contributed by atoms with Crippen LogP contribution in [0.4, 0.5) is 0 Å². The average Bonchev–Trinajstić information content (AvgIpc) is 3.25. The lowest BCUT2D eigenvalue weighted by Gasteiger charge is -2.43. The van der Waals surface area contributed by atoms with Gasteiger partial charge in [-0.25, -0.2) is 4.98 Å². The molecule has 0 aromatic carbocycles. The smallest absolute Gasteiger partial charge is 0.123 e. The fourth-order valence-electron chi connectivity index (χ4n) is 4.65. The summed E-state index contributed by atoms with van der Waals surface area (Å²) >= 11 is 0. The molecule has 2 aliphatic carbocycles. The number of aromatic nitrogens is 2. The van der Waals surface area contributed by atoms with Crippen molar-refractivity contribution in [2.45, 2.75) is 68.9 Å². The second-order valence-electron chi connectivity index (χ2n) is 7.48. The molecule has 6 nitrogen and oxygen atoms in total. The van der Waals surface area contributed by atoms with E-state index in [2.05, 4.69) is 20.6 Å². The van der Waals surface area contributed by atoms with Gasteiger partial charge in [0, 0.05) is 38.1 Å². The number of hydrogen-bond acceptors (Lipinski definition) is 5. The Bertz CT molecular complexity index is 559. The van der Waals surface area contributed by atoms with Gasteiger partial charge in [-0.05, 0) is 38.5 Å². The zero-order chi connectivity index (χ0) is 16.6. The first-order chi connectivity index (χ1) is 11.8. The molecule has 134 valence electrons. The monoisotopic (exact) mass is 335 g/mol. The van der Waals surface area contributed by atoms with Crippen molar-refractivity contribution in [3.8, 4) is 0 Å². The standard InChI is InChI=1S/C18H29N3O3/c1-23-18-5-4-15(24-11-10-22)12-16(18)20(8-6-18)13-17-19-7-9-21(17)14-2-3-14/h7,9,14-16,22H,2-6,8,10-13H2,1H3/t15-,16-,18+/m1/s1. The van der Waals surface area contributed by atoms with Crippen molar-refractivity contribution < 1.29 is 14.6 Å². The number of methoxy groups -OCH3 is 1. The second kappa shape index (κ2) is 6.75. The van der Waals surface area contributed by atoms with Gasteiger partial charge in [0.2, 0.25) is 0 Å². The van der Waals surface area contributed by atoms with Gasteiger partial charge in [-0.3, -0.25) is 4.90 Å². The molecule has 1 saturated heterocycles. The van der Waals surface area contributed by atoms with E-state index in [1.54, 1.807) is 0 Å². The zero-order valence-electron chi connectivity index (χ0n) is 14.6. The summed E-state index contributed by atoms with van der Waals surface area (Å²) in [5.41, 5.74) is -0.0317. The van der Waals surface area contributed by atoms with E-state index in [0.717, 1.165) is 38.8 Å². The van der Waals surface area contributed by atoms with E-state index in [9.17, 15) is 0 Å². The number of ether oxygens (including phenoxy) is 2. The summed E-state index contributed by atoms with van der Waals surface area (Å²) in [4.78, 5) is 7.15. The van der Waals surface area contributed by atoms with Crippen molar-refractivity contribution in [1.82, 2.24) is 14.5 Å². The maximum absolute atomic E-state index is 9.02. The van der Waals surface area contributed by atoms with Crippen LogP contribution in [0.2, 0.25) is 0 Å². The minimum Gasteiger partial charge on any atom is -0.394 e. The van der Waals surface area contributed by atoms with Crippen LogP contribution in [0.3, 0.4) is 0 Å². The molecule has 0 unspecified atom stereocenters. The highest BCUT2D eigenvalue weighted by molar-refractivity contribution is 5.08. The SMILES string of the molecule is CO[C@]12CC[C@@H](OCCO)C[C@H]1N(Cc1nccn1C1CC1)CC2. The van der Waals surface area contributed by atoms with Crippen LogP contribution in [-0.2, 0) is 16.0 Å². The van der Waals surface area contributed by atoms with Gasteiger partial charge in [-0.15, -0.1) is 0 Å². The number of imidazole rings is 1. The summed E-state index contributed by atoms with van der Waals surface area (Å²) in [6, 6.07) is 1.05. The van der Waals surface area contributed by atoms with E-state index >= 15 is 0 Å². The molecule has 3 fully saturated rings. The molecule has 1 aromatic rings. The van der Waals surface area contributed by atoms with Gasteiger partial charge in [-0.2, -0.15) is 0 Å². The van der Waals surface area contributed by atoms with E-state index in [0.29, 0.717) is 18.7 Å². The van der Waals surface area contributed by atoms with Crippen molar-refractivity contribution in [3.63, 3.8) is 0 Å². The third-order valence-corrected chi connectivity index (χ3v) is 6.13. The minimum atomic E-state index is -0.0317. The molecule has 3 atom stereocenters. The van der Waals surface area contributed by atoms with Crippen LogP contribution in [0, 0.1) is 0 Å². The predicted molar refractivity (Wildman–Crippen MR) is 89.7 cm³/mol. The molecule has 2 heterocycles. The van der Waals surface area contributed by atoms with Gasteiger partial charge in [-0.1, -0.05) is 0 Å². The first-order valence-corrected chi connectivity index (χ1v) is 9.29. The van der Waals surface area contributed by atoms with E-state index < -0.39 is 0 Å². The molecule has 24 heavy (non-hydrogen) atoms. The van der Waals surface area contributed by atoms with Gasteiger partial charge >= 0.3 is 0 Å². The van der Waals surface area contributed by atoms with Crippen molar-refractivity contribution >= 4 is 0 Å². The number of fused-ring (bicyclic) bond motifs is 1. The molecular formula is C18H29N3O3. The van der Waals surface area contributed by atoms with Crippen molar-refractivity contribution in [1.29, 1.82) is 0 Å². The first kappa shape index (κ1) is 16.5. The Morgan fingerprint density at radius 3 is 2.96 bits per heavy atom. The Kier molecular flexibility index (Phi) is 4.64. The highest BCUT2D eigenvalue weighted by Crippen LogP contribution is 2.44. The van der Waals surface area contributed by atoms with Gasteiger partial charge in [0.05, 0.1) is 31.5 Å². The van der Waals surface area contributed by atoms with Gasteiger partial charge < -0.3 is 19.1 Å². The third kappa shape index (κ3) is 3.01. The summed E-state index contributed by atoms with van der Waals surface area (Å²) in [5, 5.41) is 9.02. The Hall–Kier alpha value is -0.950. The maximum atomic E-state index is 9.02. The van der Waals surface area contributed by atoms with Crippen LogP contribution in [0.25, 0.3) is 0 Å². The summed E-state index contributed by atoms with van der Waals surface area (Å²) in [6.45, 7) is 2.48. The molecule has 0 amide bonds. The molecule has 1 aromatic heterocycles. The molecule has 1 aliphatic heterocycles. The molecule has 2 saturated carbocycles. The normalized spacial score (nSPS) is 33.8. The molecule has 3 aliphatic rings. The highest BCUT2D eigenvalue weighted by Gasteiger charge is 2.51. The summed E-state index contributed by atoms with van der Waals surface area (Å²) in [7, 11) is 1.86. The lowest BCUT2D eigenvalue weighted by molar-refractivity contribution is -0.104. The van der Waals surface area contributed by atoms with Crippen LogP contribution in [-0.4, -0.2) is 64.2 Å². The summed E-state index contributed by atoms with van der Waals surface area (Å²) < 4.78 is 14.2. The summed E-state index contributed by atoms with van der Waals surface area (Å²) in [5.74, 6) is 1.18. The van der Waals surface area contributed by atoms with Gasteiger partial charge in [0.15, 0.2) is 0 Å². The number of hydrogen-bond donors (Lipinski definition) is 1. The van der Waals surface area contributed by atoms with Crippen molar-refractivity contribution in [2.24, 2.45) is 0 Å². The maximum Gasteiger partial charge on any atom is 0.123 e. The van der Waals surface area contributed by atoms with Gasteiger partial charge in [0.25, 0.3) is 0 Å². The van der Waals surface area contributed by atoms with Crippen LogP contribution >= 0.6 is 0 Å². The molecule has 1 N–H and O–H groups in total. The number of rotatable bonds is 7. The third-order valence-electron chi connectivity index (χ3n) is 6.13. The minimum absolute atomic E-state index is 0.0317. The average molecular weight is 335 g/mol. The van der Waals surface area contributed by atoms with Crippen LogP contribution in [0.5, 0.6) is 0 Å². The Balaban J connectivity index is 1.47. The van der Waals surface area contributed by atoms with E-state index in [4.69, 9.17) is 14.6 Å². The molecule has 0 bridgehead atoms. The Morgan fingerprint density at radius 1 is 1.33 bits per heavy atom. The molecule has 0 radical (unpaired) electrons. The molecule has 0 spiro atoms. The Labute approximate surface area is 143 Å². The molecule has 4 rings (SSSR count). The summed E-state index contributed by atoms with van der Waals surface area (Å²) in [6.07, 6.45) is 11.0. The van der Waals surface area contributed by atoms with E-state index in [1.807, 2.05) is 13.3 Å². The highest BCUT2D eigenvalue weighted by atomic mass is 16.5. The number of likely N-dealkylation sites (tertiary alicyclic amines) is 1. The zero-order valence-corrected chi connectivity index (χ0v) is 14.6. The second-order valence-corrected chi connectivity index (χ2v) is 7.48. The van der Waals surface area contributed by atoms with Crippen LogP contribution in [0.15, 0.2) is 12.4 Å².